The maximum absolute atomic E-state index is 13.6. The third-order valence-corrected chi connectivity index (χ3v) is 4.48. The number of carbonyl (C=O) groups is 2. The van der Waals surface area contributed by atoms with E-state index in [9.17, 15) is 14.0 Å². The largest absolute Gasteiger partial charge is 0.351 e. The first-order valence-electron chi connectivity index (χ1n) is 8.45. The molecule has 3 rings (SSSR count). The quantitative estimate of drug-likeness (QED) is 0.872. The van der Waals surface area contributed by atoms with E-state index >= 15 is 0 Å². The van der Waals surface area contributed by atoms with Crippen molar-refractivity contribution in [2.24, 2.45) is 0 Å². The molecule has 1 aromatic carbocycles. The summed E-state index contributed by atoms with van der Waals surface area (Å²) in [4.78, 5) is 26.1. The van der Waals surface area contributed by atoms with Crippen molar-refractivity contribution in [2.75, 3.05) is 19.6 Å². The van der Waals surface area contributed by atoms with Crippen molar-refractivity contribution in [1.82, 2.24) is 20.4 Å². The topological polar surface area (TPSA) is 78.1 Å². The summed E-state index contributed by atoms with van der Waals surface area (Å²) in [6.07, 6.45) is 3.89. The molecule has 0 unspecified atom stereocenters. The minimum atomic E-state index is -0.565. The van der Waals surface area contributed by atoms with E-state index < -0.39 is 11.7 Å². The normalized spacial score (nSPS) is 17.3. The van der Waals surface area contributed by atoms with Crippen LogP contribution in [0.4, 0.5) is 4.39 Å². The molecule has 2 amide bonds. The molecular formula is C18H21FN4O2. The van der Waals surface area contributed by atoms with E-state index in [1.807, 2.05) is 11.0 Å². The molecule has 1 atom stereocenters. The van der Waals surface area contributed by atoms with Crippen LogP contribution in [-0.4, -0.2) is 46.5 Å². The van der Waals surface area contributed by atoms with Gasteiger partial charge in [0.05, 0.1) is 5.56 Å². The number of hydrogen-bond donors (Lipinski definition) is 2. The number of rotatable bonds is 5. The third-order valence-electron chi connectivity index (χ3n) is 4.48. The molecule has 1 aromatic heterocycles. The third kappa shape index (κ3) is 4.23. The lowest BCUT2D eigenvalue weighted by Crippen LogP contribution is -2.40. The summed E-state index contributed by atoms with van der Waals surface area (Å²) in [7, 11) is 0. The number of piperidine rings is 1. The van der Waals surface area contributed by atoms with E-state index in [-0.39, 0.29) is 30.4 Å². The molecule has 1 aliphatic heterocycles. The van der Waals surface area contributed by atoms with Gasteiger partial charge in [-0.05, 0) is 31.0 Å². The highest BCUT2D eigenvalue weighted by atomic mass is 19.1. The summed E-state index contributed by atoms with van der Waals surface area (Å²) in [5, 5.41) is 9.54. The van der Waals surface area contributed by atoms with E-state index in [2.05, 4.69) is 15.5 Å². The first-order valence-corrected chi connectivity index (χ1v) is 8.45. The van der Waals surface area contributed by atoms with Gasteiger partial charge in [-0.2, -0.15) is 5.10 Å². The van der Waals surface area contributed by atoms with Crippen LogP contribution in [0.15, 0.2) is 36.5 Å². The zero-order chi connectivity index (χ0) is 17.6. The Morgan fingerprint density at radius 2 is 2.16 bits per heavy atom. The van der Waals surface area contributed by atoms with Crippen molar-refractivity contribution in [3.8, 4) is 0 Å². The Bertz CT molecular complexity index is 732. The van der Waals surface area contributed by atoms with Gasteiger partial charge in [-0.25, -0.2) is 4.39 Å². The highest BCUT2D eigenvalue weighted by molar-refractivity contribution is 5.94. The maximum atomic E-state index is 13.6. The van der Waals surface area contributed by atoms with Gasteiger partial charge >= 0.3 is 0 Å². The molecule has 0 radical (unpaired) electrons. The molecule has 0 bridgehead atoms. The molecule has 1 fully saturated rings. The van der Waals surface area contributed by atoms with E-state index in [1.165, 1.54) is 18.2 Å². The Morgan fingerprint density at radius 3 is 2.92 bits per heavy atom. The molecule has 1 aliphatic rings. The molecule has 132 valence electrons. The lowest BCUT2D eigenvalue weighted by molar-refractivity contribution is -0.132. The lowest BCUT2D eigenvalue weighted by atomic mass is 9.95. The monoisotopic (exact) mass is 344 g/mol. The molecule has 1 saturated heterocycles. The zero-order valence-corrected chi connectivity index (χ0v) is 13.9. The number of hydrogen-bond acceptors (Lipinski definition) is 3. The van der Waals surface area contributed by atoms with Crippen LogP contribution in [0.25, 0.3) is 0 Å². The zero-order valence-electron chi connectivity index (χ0n) is 13.9. The number of nitrogens with zero attached hydrogens (tertiary/aromatic N) is 2. The van der Waals surface area contributed by atoms with Crippen LogP contribution >= 0.6 is 0 Å². The summed E-state index contributed by atoms with van der Waals surface area (Å²) >= 11 is 0. The van der Waals surface area contributed by atoms with Crippen LogP contribution in [0.3, 0.4) is 0 Å². The summed E-state index contributed by atoms with van der Waals surface area (Å²) < 4.78 is 13.6. The number of benzene rings is 1. The average Bonchev–Trinajstić information content (AvgIpc) is 3.17. The molecular weight excluding hydrogens is 323 g/mol. The van der Waals surface area contributed by atoms with Crippen molar-refractivity contribution in [3.05, 3.63) is 53.6 Å². The lowest BCUT2D eigenvalue weighted by Gasteiger charge is -2.32. The van der Waals surface area contributed by atoms with Gasteiger partial charge in [0.25, 0.3) is 5.91 Å². The molecule has 25 heavy (non-hydrogen) atoms. The van der Waals surface area contributed by atoms with Crippen LogP contribution < -0.4 is 5.32 Å². The summed E-state index contributed by atoms with van der Waals surface area (Å²) in [5.41, 5.74) is 1.04. The standard InChI is InChI=1S/C18H21FN4O2/c19-15-6-2-1-5-14(15)18(25)20-9-8-17(24)23-11-3-4-13(12-23)16-7-10-21-22-16/h1-2,5-7,10,13H,3-4,8-9,11-12H2,(H,20,25)(H,21,22)/t13-/m0/s1. The smallest absolute Gasteiger partial charge is 0.254 e. The van der Waals surface area contributed by atoms with Gasteiger partial charge in [-0.1, -0.05) is 12.1 Å². The number of aromatic amines is 1. The molecule has 2 heterocycles. The fourth-order valence-corrected chi connectivity index (χ4v) is 3.13. The SMILES string of the molecule is O=C(NCCC(=O)N1CCC[C@H](c2ccn[nH]2)C1)c1ccccc1F. The number of aromatic nitrogens is 2. The summed E-state index contributed by atoms with van der Waals surface area (Å²) in [6.45, 7) is 1.57. The van der Waals surface area contributed by atoms with Crippen molar-refractivity contribution in [3.63, 3.8) is 0 Å². The molecule has 6 nitrogen and oxygen atoms in total. The first kappa shape index (κ1) is 17.1. The number of carbonyl (C=O) groups excluding carboxylic acids is 2. The summed E-state index contributed by atoms with van der Waals surface area (Å²) in [6, 6.07) is 7.73. The highest BCUT2D eigenvalue weighted by Crippen LogP contribution is 2.25. The Balaban J connectivity index is 1.47. The molecule has 0 spiro atoms. The van der Waals surface area contributed by atoms with Gasteiger partial charge in [0.1, 0.15) is 5.82 Å². The highest BCUT2D eigenvalue weighted by Gasteiger charge is 2.25. The van der Waals surface area contributed by atoms with E-state index in [0.717, 1.165) is 25.1 Å². The van der Waals surface area contributed by atoms with Gasteiger partial charge in [0.2, 0.25) is 5.91 Å². The number of amides is 2. The van der Waals surface area contributed by atoms with Crippen molar-refractivity contribution >= 4 is 11.8 Å². The molecule has 2 aromatic rings. The second-order valence-electron chi connectivity index (χ2n) is 6.18. The molecule has 0 saturated carbocycles. The maximum Gasteiger partial charge on any atom is 0.254 e. The molecule has 2 N–H and O–H groups in total. The Hall–Kier alpha value is -2.70. The predicted octanol–water partition coefficient (Wildman–Crippen LogP) is 2.07. The number of halogens is 1. The van der Waals surface area contributed by atoms with Crippen LogP contribution in [0.1, 0.15) is 41.2 Å². The van der Waals surface area contributed by atoms with E-state index in [1.54, 1.807) is 12.3 Å². The van der Waals surface area contributed by atoms with E-state index in [4.69, 9.17) is 0 Å². The number of likely N-dealkylation sites (tertiary alicyclic amines) is 1. The van der Waals surface area contributed by atoms with Crippen LogP contribution in [0, 0.1) is 5.82 Å². The first-order chi connectivity index (χ1) is 12.1. The number of H-pyrrole nitrogens is 1. The van der Waals surface area contributed by atoms with Crippen molar-refractivity contribution in [2.45, 2.75) is 25.2 Å². The van der Waals surface area contributed by atoms with Gasteiger partial charge < -0.3 is 10.2 Å². The summed E-state index contributed by atoms with van der Waals surface area (Å²) in [5.74, 6) is -0.795. The van der Waals surface area contributed by atoms with Crippen LogP contribution in [-0.2, 0) is 4.79 Å². The predicted molar refractivity (Wildman–Crippen MR) is 90.5 cm³/mol. The van der Waals surface area contributed by atoms with E-state index in [0.29, 0.717) is 6.54 Å². The van der Waals surface area contributed by atoms with Gasteiger partial charge in [-0.3, -0.25) is 14.7 Å². The minimum absolute atomic E-state index is 0.00181. The van der Waals surface area contributed by atoms with Crippen molar-refractivity contribution in [1.29, 1.82) is 0 Å². The van der Waals surface area contributed by atoms with Gasteiger partial charge in [0, 0.05) is 43.9 Å². The second kappa shape index (κ2) is 7.92. The number of nitrogens with one attached hydrogen (secondary N) is 2. The minimum Gasteiger partial charge on any atom is -0.351 e. The Morgan fingerprint density at radius 1 is 1.32 bits per heavy atom. The van der Waals surface area contributed by atoms with Crippen molar-refractivity contribution < 1.29 is 14.0 Å². The molecule has 0 aliphatic carbocycles. The van der Waals surface area contributed by atoms with Gasteiger partial charge in [-0.15, -0.1) is 0 Å². The fraction of sp³-hybridized carbons (Fsp3) is 0.389. The van der Waals surface area contributed by atoms with Crippen LogP contribution in [0.5, 0.6) is 0 Å². The second-order valence-corrected chi connectivity index (χ2v) is 6.18. The van der Waals surface area contributed by atoms with Gasteiger partial charge in [0.15, 0.2) is 0 Å². The fourth-order valence-electron chi connectivity index (χ4n) is 3.13. The van der Waals surface area contributed by atoms with Crippen LogP contribution in [0.2, 0.25) is 0 Å². The molecule has 7 heteroatoms. The Kier molecular flexibility index (Phi) is 5.42. The average molecular weight is 344 g/mol. The Labute approximate surface area is 145 Å².